The van der Waals surface area contributed by atoms with Crippen molar-refractivity contribution in [2.45, 2.75) is 32.6 Å². The van der Waals surface area contributed by atoms with E-state index in [-0.39, 0.29) is 6.42 Å². The molecule has 1 aromatic carbocycles. The van der Waals surface area contributed by atoms with Crippen LogP contribution in [-0.4, -0.2) is 22.2 Å². The first-order chi connectivity index (χ1) is 8.49. The van der Waals surface area contributed by atoms with Gasteiger partial charge >= 0.3 is 11.9 Å². The Morgan fingerprint density at radius 2 is 1.78 bits per heavy atom. The lowest BCUT2D eigenvalue weighted by molar-refractivity contribution is -0.148. The fraction of sp³-hybridized carbons (Fsp3) is 0.429. The highest BCUT2D eigenvalue weighted by molar-refractivity contribution is 5.77. The van der Waals surface area contributed by atoms with E-state index < -0.39 is 17.9 Å². The highest BCUT2D eigenvalue weighted by atomic mass is 16.4. The summed E-state index contributed by atoms with van der Waals surface area (Å²) in [5, 5.41) is 17.5. The Kier molecular flexibility index (Phi) is 5.36. The van der Waals surface area contributed by atoms with Gasteiger partial charge in [0.05, 0.1) is 12.3 Å². The van der Waals surface area contributed by atoms with E-state index in [1.54, 1.807) is 0 Å². The van der Waals surface area contributed by atoms with Gasteiger partial charge in [-0.05, 0) is 31.7 Å². The van der Waals surface area contributed by atoms with Gasteiger partial charge in [0.15, 0.2) is 0 Å². The molecule has 0 heterocycles. The molecule has 0 fully saturated rings. The predicted molar refractivity (Wildman–Crippen MR) is 67.5 cm³/mol. The summed E-state index contributed by atoms with van der Waals surface area (Å²) >= 11 is 0. The molecule has 4 nitrogen and oxygen atoms in total. The molecule has 0 bridgehead atoms. The Balaban J connectivity index is 2.41. The molecule has 0 saturated heterocycles. The predicted octanol–water partition coefficient (Wildman–Crippen LogP) is 2.49. The molecule has 2 N–H and O–H groups in total. The number of benzene rings is 1. The highest BCUT2D eigenvalue weighted by Crippen LogP contribution is 2.15. The third-order valence-electron chi connectivity index (χ3n) is 2.91. The van der Waals surface area contributed by atoms with Gasteiger partial charge in [-0.2, -0.15) is 0 Å². The van der Waals surface area contributed by atoms with Crippen LogP contribution < -0.4 is 0 Å². The van der Waals surface area contributed by atoms with E-state index in [4.69, 9.17) is 10.2 Å². The second-order valence-electron chi connectivity index (χ2n) is 4.51. The van der Waals surface area contributed by atoms with E-state index in [1.807, 2.05) is 31.2 Å². The van der Waals surface area contributed by atoms with Crippen molar-refractivity contribution in [2.75, 3.05) is 0 Å². The zero-order valence-electron chi connectivity index (χ0n) is 10.4. The van der Waals surface area contributed by atoms with Crippen molar-refractivity contribution in [1.82, 2.24) is 0 Å². The molecule has 0 aliphatic heterocycles. The number of carbonyl (C=O) groups is 2. The van der Waals surface area contributed by atoms with Crippen molar-refractivity contribution in [2.24, 2.45) is 5.92 Å². The van der Waals surface area contributed by atoms with Crippen LogP contribution in [0.4, 0.5) is 0 Å². The number of carboxylic acids is 2. The van der Waals surface area contributed by atoms with Crippen LogP contribution in [0, 0.1) is 12.8 Å². The van der Waals surface area contributed by atoms with Gasteiger partial charge in [-0.3, -0.25) is 9.59 Å². The fourth-order valence-corrected chi connectivity index (χ4v) is 1.83. The largest absolute Gasteiger partial charge is 0.481 e. The Morgan fingerprint density at radius 3 is 2.28 bits per heavy atom. The van der Waals surface area contributed by atoms with Gasteiger partial charge in [0.25, 0.3) is 0 Å². The summed E-state index contributed by atoms with van der Waals surface area (Å²) in [6, 6.07) is 8.06. The van der Waals surface area contributed by atoms with Crippen LogP contribution in [-0.2, 0) is 16.0 Å². The molecular formula is C14H18O4. The van der Waals surface area contributed by atoms with Gasteiger partial charge < -0.3 is 10.2 Å². The number of aliphatic carboxylic acids is 2. The first-order valence-corrected chi connectivity index (χ1v) is 5.99. The number of aryl methyl sites for hydroxylation is 2. The number of rotatable bonds is 7. The third-order valence-corrected chi connectivity index (χ3v) is 2.91. The van der Waals surface area contributed by atoms with Gasteiger partial charge in [0, 0.05) is 0 Å². The van der Waals surface area contributed by atoms with Crippen LogP contribution in [0.15, 0.2) is 24.3 Å². The molecule has 0 radical (unpaired) electrons. The molecule has 0 saturated carbocycles. The molecule has 1 aromatic rings. The molecule has 18 heavy (non-hydrogen) atoms. The SMILES string of the molecule is Cc1ccc(CCCC(CC(=O)O)C(=O)O)cc1. The summed E-state index contributed by atoms with van der Waals surface area (Å²) in [7, 11) is 0. The van der Waals surface area contributed by atoms with Gasteiger partial charge in [0.2, 0.25) is 0 Å². The van der Waals surface area contributed by atoms with E-state index >= 15 is 0 Å². The lowest BCUT2D eigenvalue weighted by Gasteiger charge is -2.09. The van der Waals surface area contributed by atoms with Crippen LogP contribution in [0.1, 0.15) is 30.4 Å². The summed E-state index contributed by atoms with van der Waals surface area (Å²) in [4.78, 5) is 21.4. The second kappa shape index (κ2) is 6.79. The quantitative estimate of drug-likeness (QED) is 0.779. The molecule has 98 valence electrons. The summed E-state index contributed by atoms with van der Waals surface area (Å²) in [5.41, 5.74) is 2.34. The Bertz CT molecular complexity index is 408. The van der Waals surface area contributed by atoms with E-state index in [9.17, 15) is 9.59 Å². The maximum Gasteiger partial charge on any atom is 0.307 e. The molecule has 0 spiro atoms. The van der Waals surface area contributed by atoms with E-state index in [2.05, 4.69) is 0 Å². The topological polar surface area (TPSA) is 74.6 Å². The summed E-state index contributed by atoms with van der Waals surface area (Å²) in [6.07, 6.45) is 1.57. The van der Waals surface area contributed by atoms with Crippen LogP contribution >= 0.6 is 0 Å². The molecule has 1 unspecified atom stereocenters. The highest BCUT2D eigenvalue weighted by Gasteiger charge is 2.20. The number of carboxylic acid groups (broad SMARTS) is 2. The van der Waals surface area contributed by atoms with Crippen LogP contribution in [0.25, 0.3) is 0 Å². The fourth-order valence-electron chi connectivity index (χ4n) is 1.83. The number of hydrogen-bond donors (Lipinski definition) is 2. The minimum absolute atomic E-state index is 0.302. The molecule has 1 rings (SSSR count). The third kappa shape index (κ3) is 4.99. The first-order valence-electron chi connectivity index (χ1n) is 5.99. The van der Waals surface area contributed by atoms with Crippen molar-refractivity contribution in [3.05, 3.63) is 35.4 Å². The van der Waals surface area contributed by atoms with Crippen LogP contribution in [0.2, 0.25) is 0 Å². The van der Waals surface area contributed by atoms with Gasteiger partial charge in [-0.25, -0.2) is 0 Å². The lowest BCUT2D eigenvalue weighted by Crippen LogP contribution is -2.17. The monoisotopic (exact) mass is 250 g/mol. The van der Waals surface area contributed by atoms with Crippen molar-refractivity contribution >= 4 is 11.9 Å². The van der Waals surface area contributed by atoms with Crippen molar-refractivity contribution < 1.29 is 19.8 Å². The van der Waals surface area contributed by atoms with Crippen LogP contribution in [0.5, 0.6) is 0 Å². The van der Waals surface area contributed by atoms with E-state index in [1.165, 1.54) is 5.56 Å². The minimum Gasteiger partial charge on any atom is -0.481 e. The molecule has 0 amide bonds. The average molecular weight is 250 g/mol. The van der Waals surface area contributed by atoms with Crippen molar-refractivity contribution in [3.8, 4) is 0 Å². The normalized spacial score (nSPS) is 12.1. The standard InChI is InChI=1S/C14H18O4/c1-10-5-7-11(8-6-10)3-2-4-12(14(17)18)9-13(15)16/h5-8,12H,2-4,9H2,1H3,(H,15,16)(H,17,18). The molecular weight excluding hydrogens is 232 g/mol. The van der Waals surface area contributed by atoms with Crippen molar-refractivity contribution in [3.63, 3.8) is 0 Å². The average Bonchev–Trinajstić information content (AvgIpc) is 2.29. The Labute approximate surface area is 106 Å². The molecule has 4 heteroatoms. The zero-order chi connectivity index (χ0) is 13.5. The maximum absolute atomic E-state index is 10.9. The molecule has 0 aliphatic carbocycles. The number of hydrogen-bond acceptors (Lipinski definition) is 2. The molecule has 0 aromatic heterocycles. The Hall–Kier alpha value is -1.84. The lowest BCUT2D eigenvalue weighted by atomic mass is 9.96. The Morgan fingerprint density at radius 1 is 1.17 bits per heavy atom. The second-order valence-corrected chi connectivity index (χ2v) is 4.51. The summed E-state index contributed by atoms with van der Waals surface area (Å²) < 4.78 is 0. The first kappa shape index (κ1) is 14.2. The smallest absolute Gasteiger partial charge is 0.307 e. The van der Waals surface area contributed by atoms with Gasteiger partial charge in [-0.1, -0.05) is 29.8 Å². The van der Waals surface area contributed by atoms with Crippen molar-refractivity contribution in [1.29, 1.82) is 0 Å². The van der Waals surface area contributed by atoms with Gasteiger partial charge in [-0.15, -0.1) is 0 Å². The summed E-state index contributed by atoms with van der Waals surface area (Å²) in [6.45, 7) is 2.01. The van der Waals surface area contributed by atoms with Gasteiger partial charge in [0.1, 0.15) is 0 Å². The van der Waals surface area contributed by atoms with Crippen LogP contribution in [0.3, 0.4) is 0 Å². The zero-order valence-corrected chi connectivity index (χ0v) is 10.4. The summed E-state index contributed by atoms with van der Waals surface area (Å²) in [5.74, 6) is -2.87. The maximum atomic E-state index is 10.9. The molecule has 1 atom stereocenters. The minimum atomic E-state index is -1.06. The van der Waals surface area contributed by atoms with E-state index in [0.717, 1.165) is 12.0 Å². The van der Waals surface area contributed by atoms with E-state index in [0.29, 0.717) is 12.8 Å². The molecule has 0 aliphatic rings.